The molecule has 122 valence electrons. The lowest BCUT2D eigenvalue weighted by Crippen LogP contribution is -2.13. The van der Waals surface area contributed by atoms with Crippen molar-refractivity contribution >= 4 is 17.5 Å². The van der Waals surface area contributed by atoms with Crippen molar-refractivity contribution in [2.45, 2.75) is 13.0 Å². The summed E-state index contributed by atoms with van der Waals surface area (Å²) in [6, 6.07) is 9.44. The number of rotatable bonds is 5. The van der Waals surface area contributed by atoms with Crippen molar-refractivity contribution in [3.8, 4) is 5.69 Å². The van der Waals surface area contributed by atoms with Crippen LogP contribution in [0.15, 0.2) is 48.9 Å². The van der Waals surface area contributed by atoms with Gasteiger partial charge in [0.25, 0.3) is 0 Å². The molecule has 0 aliphatic carbocycles. The lowest BCUT2D eigenvalue weighted by molar-refractivity contribution is -0.384. The molecule has 0 saturated heterocycles. The Morgan fingerprint density at radius 2 is 2.12 bits per heavy atom. The van der Waals surface area contributed by atoms with E-state index in [1.165, 1.54) is 0 Å². The molecule has 2 aromatic heterocycles. The Hall–Kier alpha value is -3.49. The zero-order valence-electron chi connectivity index (χ0n) is 12.8. The third-order valence-corrected chi connectivity index (χ3v) is 3.49. The van der Waals surface area contributed by atoms with Gasteiger partial charge < -0.3 is 11.1 Å². The lowest BCUT2D eigenvalue weighted by atomic mass is 10.1. The number of hydrogen-bond acceptors (Lipinski definition) is 7. The zero-order chi connectivity index (χ0) is 17.1. The van der Waals surface area contributed by atoms with Gasteiger partial charge in [0.2, 0.25) is 11.8 Å². The number of nitro groups is 1. The van der Waals surface area contributed by atoms with E-state index in [2.05, 4.69) is 20.4 Å². The molecule has 1 atom stereocenters. The summed E-state index contributed by atoms with van der Waals surface area (Å²) in [6.07, 6.45) is 4.65. The molecule has 9 heteroatoms. The van der Waals surface area contributed by atoms with E-state index in [4.69, 9.17) is 5.73 Å². The van der Waals surface area contributed by atoms with E-state index in [0.717, 1.165) is 17.4 Å². The van der Waals surface area contributed by atoms with E-state index >= 15 is 0 Å². The van der Waals surface area contributed by atoms with Crippen LogP contribution in [-0.2, 0) is 0 Å². The number of nitrogens with two attached hydrogens (primary N) is 1. The van der Waals surface area contributed by atoms with Crippen LogP contribution in [0, 0.1) is 10.1 Å². The second-order valence-corrected chi connectivity index (χ2v) is 5.10. The Bertz CT molecular complexity index is 864. The summed E-state index contributed by atoms with van der Waals surface area (Å²) in [4.78, 5) is 18.0. The van der Waals surface area contributed by atoms with Crippen LogP contribution in [0.3, 0.4) is 0 Å². The van der Waals surface area contributed by atoms with E-state index in [0.29, 0.717) is 0 Å². The lowest BCUT2D eigenvalue weighted by Gasteiger charge is -2.18. The second-order valence-electron chi connectivity index (χ2n) is 5.10. The van der Waals surface area contributed by atoms with Crippen LogP contribution < -0.4 is 11.1 Å². The van der Waals surface area contributed by atoms with Gasteiger partial charge in [-0.1, -0.05) is 18.2 Å². The summed E-state index contributed by atoms with van der Waals surface area (Å²) in [5.41, 5.74) is 7.17. The molecule has 0 spiro atoms. The first-order valence-electron chi connectivity index (χ1n) is 7.18. The minimum atomic E-state index is -0.616. The molecule has 24 heavy (non-hydrogen) atoms. The maximum Gasteiger partial charge on any atom is 0.329 e. The molecule has 0 aliphatic heterocycles. The maximum atomic E-state index is 10.8. The molecule has 1 unspecified atom stereocenters. The number of nitrogens with zero attached hydrogens (tertiary/aromatic N) is 5. The van der Waals surface area contributed by atoms with Crippen LogP contribution >= 0.6 is 0 Å². The average molecular weight is 325 g/mol. The standard InChI is InChI=1S/C15H15N7O2/c1-10(19-15-17-9-13(22(23)24)14(16)20-15)11-5-2-3-6-12(11)21-8-4-7-18-21/h2-10H,1H3,(H3,16,17,19,20). The van der Waals surface area contributed by atoms with Crippen LogP contribution in [0.2, 0.25) is 0 Å². The molecule has 0 radical (unpaired) electrons. The molecular formula is C15H15N7O2. The zero-order valence-corrected chi connectivity index (χ0v) is 12.8. The molecule has 2 heterocycles. The summed E-state index contributed by atoms with van der Waals surface area (Å²) >= 11 is 0. The molecule has 1 aromatic carbocycles. The molecule has 3 rings (SSSR count). The van der Waals surface area contributed by atoms with Crippen molar-refractivity contribution in [2.24, 2.45) is 0 Å². The van der Waals surface area contributed by atoms with Crippen molar-refractivity contribution in [3.05, 3.63) is 64.6 Å². The van der Waals surface area contributed by atoms with Crippen molar-refractivity contribution in [1.29, 1.82) is 0 Å². The summed E-state index contributed by atoms with van der Waals surface area (Å²) in [5.74, 6) is 0.0472. The number of hydrogen-bond donors (Lipinski definition) is 2. The van der Waals surface area contributed by atoms with Gasteiger partial charge in [-0.05, 0) is 24.6 Å². The number of benzene rings is 1. The molecule has 0 amide bonds. The number of aromatic nitrogens is 4. The average Bonchev–Trinajstić information content (AvgIpc) is 3.09. The number of nitrogen functional groups attached to an aromatic ring is 1. The SMILES string of the molecule is CC(Nc1ncc([N+](=O)[O-])c(N)n1)c1ccccc1-n1cccn1. The molecule has 3 aromatic rings. The highest BCUT2D eigenvalue weighted by atomic mass is 16.6. The van der Waals surface area contributed by atoms with Crippen molar-refractivity contribution in [3.63, 3.8) is 0 Å². The van der Waals surface area contributed by atoms with Gasteiger partial charge in [0, 0.05) is 12.4 Å². The molecule has 0 saturated carbocycles. The highest BCUT2D eigenvalue weighted by Crippen LogP contribution is 2.25. The smallest absolute Gasteiger partial charge is 0.329 e. The topological polar surface area (TPSA) is 125 Å². The van der Waals surface area contributed by atoms with Gasteiger partial charge in [0.1, 0.15) is 6.20 Å². The van der Waals surface area contributed by atoms with Crippen LogP contribution in [0.5, 0.6) is 0 Å². The summed E-state index contributed by atoms with van der Waals surface area (Å²) in [6.45, 7) is 1.93. The summed E-state index contributed by atoms with van der Waals surface area (Å²) < 4.78 is 1.76. The van der Waals surface area contributed by atoms with E-state index in [9.17, 15) is 10.1 Å². The summed E-state index contributed by atoms with van der Waals surface area (Å²) in [7, 11) is 0. The van der Waals surface area contributed by atoms with Gasteiger partial charge in [0.05, 0.1) is 16.7 Å². The van der Waals surface area contributed by atoms with E-state index < -0.39 is 4.92 Å². The first kappa shape index (κ1) is 15.4. The Morgan fingerprint density at radius 1 is 1.33 bits per heavy atom. The van der Waals surface area contributed by atoms with Crippen LogP contribution in [0.1, 0.15) is 18.5 Å². The highest BCUT2D eigenvalue weighted by molar-refractivity contribution is 5.54. The van der Waals surface area contributed by atoms with Crippen molar-refractivity contribution in [1.82, 2.24) is 19.7 Å². The van der Waals surface area contributed by atoms with Crippen LogP contribution in [0.4, 0.5) is 17.5 Å². The van der Waals surface area contributed by atoms with Gasteiger partial charge in [-0.2, -0.15) is 10.1 Å². The Labute approximate surface area is 137 Å². The van der Waals surface area contributed by atoms with E-state index in [-0.39, 0.29) is 23.5 Å². The Kier molecular flexibility index (Phi) is 4.06. The fourth-order valence-corrected chi connectivity index (χ4v) is 2.34. The van der Waals surface area contributed by atoms with Gasteiger partial charge in [-0.25, -0.2) is 9.67 Å². The monoisotopic (exact) mass is 325 g/mol. The predicted octanol–water partition coefficient (Wildman–Crippen LogP) is 2.33. The predicted molar refractivity (Wildman–Crippen MR) is 88.7 cm³/mol. The number of anilines is 2. The van der Waals surface area contributed by atoms with E-state index in [1.807, 2.05) is 43.5 Å². The third-order valence-electron chi connectivity index (χ3n) is 3.49. The minimum Gasteiger partial charge on any atom is -0.378 e. The molecule has 0 bridgehead atoms. The first-order valence-corrected chi connectivity index (χ1v) is 7.18. The van der Waals surface area contributed by atoms with Crippen molar-refractivity contribution < 1.29 is 4.92 Å². The van der Waals surface area contributed by atoms with Gasteiger partial charge in [-0.3, -0.25) is 10.1 Å². The van der Waals surface area contributed by atoms with Gasteiger partial charge in [0.15, 0.2) is 0 Å². The molecule has 3 N–H and O–H groups in total. The third kappa shape index (κ3) is 3.00. The Balaban J connectivity index is 1.87. The largest absolute Gasteiger partial charge is 0.378 e. The van der Waals surface area contributed by atoms with Crippen molar-refractivity contribution in [2.75, 3.05) is 11.1 Å². The van der Waals surface area contributed by atoms with Crippen LogP contribution in [0.25, 0.3) is 5.69 Å². The molecule has 0 aliphatic rings. The normalized spacial score (nSPS) is 11.9. The molecule has 9 nitrogen and oxygen atoms in total. The summed E-state index contributed by atoms with van der Waals surface area (Å²) in [5, 5.41) is 18.1. The number of para-hydroxylation sites is 1. The van der Waals surface area contributed by atoms with Gasteiger partial charge >= 0.3 is 5.69 Å². The Morgan fingerprint density at radius 3 is 2.79 bits per heavy atom. The fourth-order valence-electron chi connectivity index (χ4n) is 2.34. The quantitative estimate of drug-likeness (QED) is 0.544. The van der Waals surface area contributed by atoms with Crippen LogP contribution in [-0.4, -0.2) is 24.7 Å². The van der Waals surface area contributed by atoms with E-state index in [1.54, 1.807) is 10.9 Å². The minimum absolute atomic E-state index is 0.161. The highest BCUT2D eigenvalue weighted by Gasteiger charge is 2.17. The fraction of sp³-hybridized carbons (Fsp3) is 0.133. The molecular weight excluding hydrogens is 310 g/mol. The maximum absolute atomic E-state index is 10.8. The molecule has 0 fully saturated rings. The first-order chi connectivity index (χ1) is 11.6. The van der Waals surface area contributed by atoms with Gasteiger partial charge in [-0.15, -0.1) is 0 Å². The number of nitrogens with one attached hydrogen (secondary N) is 1. The second kappa shape index (κ2) is 6.32.